The summed E-state index contributed by atoms with van der Waals surface area (Å²) >= 11 is 0. The second kappa shape index (κ2) is 9.57. The Bertz CT molecular complexity index is 1220. The highest BCUT2D eigenvalue weighted by molar-refractivity contribution is 5.94. The Morgan fingerprint density at radius 1 is 1.00 bits per heavy atom. The molecule has 0 radical (unpaired) electrons. The lowest BCUT2D eigenvalue weighted by molar-refractivity contribution is 0.0955. The van der Waals surface area contributed by atoms with E-state index in [0.29, 0.717) is 35.9 Å². The number of para-hydroxylation sites is 1. The topological polar surface area (TPSA) is 94.0 Å². The highest BCUT2D eigenvalue weighted by atomic mass is 16.5. The molecule has 0 bridgehead atoms. The highest BCUT2D eigenvalue weighted by Crippen LogP contribution is 2.26. The third-order valence-corrected chi connectivity index (χ3v) is 5.04. The van der Waals surface area contributed by atoms with Gasteiger partial charge >= 0.3 is 0 Å². The van der Waals surface area contributed by atoms with E-state index in [1.807, 2.05) is 73.1 Å². The first kappa shape index (κ1) is 21.5. The molecule has 164 valence electrons. The number of rotatable bonds is 8. The minimum Gasteiger partial charge on any atom is -0.377 e. The quantitative estimate of drug-likeness (QED) is 0.416. The van der Waals surface area contributed by atoms with Gasteiger partial charge in [-0.15, -0.1) is 0 Å². The molecule has 2 aromatic carbocycles. The van der Waals surface area contributed by atoms with Crippen molar-refractivity contribution in [2.45, 2.75) is 20.5 Å². The van der Waals surface area contributed by atoms with Gasteiger partial charge in [-0.3, -0.25) is 4.79 Å². The lowest BCUT2D eigenvalue weighted by atomic mass is 10.1. The first-order valence-corrected chi connectivity index (χ1v) is 10.5. The van der Waals surface area contributed by atoms with Gasteiger partial charge in [-0.2, -0.15) is 5.10 Å². The molecule has 4 aromatic rings. The van der Waals surface area contributed by atoms with Crippen LogP contribution in [0.5, 0.6) is 0 Å². The summed E-state index contributed by atoms with van der Waals surface area (Å²) in [5.74, 6) is 1.13. The number of aromatic nitrogens is 4. The van der Waals surface area contributed by atoms with Crippen molar-refractivity contribution in [3.63, 3.8) is 0 Å². The zero-order chi connectivity index (χ0) is 22.5. The molecule has 0 spiro atoms. The number of nitrogens with zero attached hydrogens (tertiary/aromatic N) is 4. The van der Waals surface area contributed by atoms with Gasteiger partial charge in [0.15, 0.2) is 11.5 Å². The van der Waals surface area contributed by atoms with E-state index in [1.165, 1.54) is 0 Å². The normalized spacial score (nSPS) is 11.0. The van der Waals surface area contributed by atoms with Crippen LogP contribution in [-0.2, 0) is 11.3 Å². The molecule has 0 aliphatic carbocycles. The summed E-state index contributed by atoms with van der Waals surface area (Å²) in [7, 11) is 1.61. The third kappa shape index (κ3) is 4.60. The van der Waals surface area contributed by atoms with E-state index in [-0.39, 0.29) is 12.5 Å². The van der Waals surface area contributed by atoms with E-state index in [9.17, 15) is 4.79 Å². The number of carbonyl (C=O) groups excluding carboxylic acids is 1. The predicted molar refractivity (Wildman–Crippen MR) is 124 cm³/mol. The average molecular weight is 431 g/mol. The van der Waals surface area contributed by atoms with E-state index in [2.05, 4.69) is 25.7 Å². The second-order valence-electron chi connectivity index (χ2n) is 7.50. The Labute approximate surface area is 186 Å². The molecule has 32 heavy (non-hydrogen) atoms. The lowest BCUT2D eigenvalue weighted by Gasteiger charge is -2.11. The van der Waals surface area contributed by atoms with Crippen molar-refractivity contribution in [3.05, 3.63) is 77.2 Å². The Morgan fingerprint density at radius 2 is 1.75 bits per heavy atom. The van der Waals surface area contributed by atoms with Crippen LogP contribution in [0.15, 0.2) is 54.6 Å². The van der Waals surface area contributed by atoms with E-state index in [1.54, 1.807) is 7.11 Å². The number of methoxy groups -OCH3 is 1. The van der Waals surface area contributed by atoms with Crippen molar-refractivity contribution >= 4 is 22.8 Å². The fraction of sp³-hybridized carbons (Fsp3) is 0.250. The third-order valence-electron chi connectivity index (χ3n) is 5.04. The fourth-order valence-electron chi connectivity index (χ4n) is 3.46. The number of fused-ring (bicyclic) bond motifs is 1. The fourth-order valence-corrected chi connectivity index (χ4v) is 3.46. The van der Waals surface area contributed by atoms with Gasteiger partial charge in [-0.05, 0) is 38.1 Å². The van der Waals surface area contributed by atoms with Gasteiger partial charge in [0.1, 0.15) is 12.4 Å². The van der Waals surface area contributed by atoms with Crippen molar-refractivity contribution in [2.75, 3.05) is 25.5 Å². The zero-order valence-corrected chi connectivity index (χ0v) is 18.4. The summed E-state index contributed by atoms with van der Waals surface area (Å²) in [5.41, 5.74) is 4.21. The van der Waals surface area contributed by atoms with Crippen LogP contribution in [0.4, 0.5) is 5.82 Å². The van der Waals surface area contributed by atoms with Crippen LogP contribution in [0, 0.1) is 13.8 Å². The molecule has 2 aromatic heterocycles. The van der Waals surface area contributed by atoms with Gasteiger partial charge in [0, 0.05) is 25.8 Å². The van der Waals surface area contributed by atoms with Gasteiger partial charge < -0.3 is 15.4 Å². The minimum absolute atomic E-state index is 0.104. The maximum atomic E-state index is 12.3. The van der Waals surface area contributed by atoms with Crippen LogP contribution in [0.1, 0.15) is 27.4 Å². The molecule has 1 amide bonds. The number of hydrogen-bond acceptors (Lipinski definition) is 6. The summed E-state index contributed by atoms with van der Waals surface area (Å²) in [4.78, 5) is 21.6. The van der Waals surface area contributed by atoms with Gasteiger partial charge in [-0.25, -0.2) is 14.6 Å². The molecular weight excluding hydrogens is 404 g/mol. The molecule has 8 nitrogen and oxygen atoms in total. The van der Waals surface area contributed by atoms with Gasteiger partial charge in [0.2, 0.25) is 0 Å². The monoisotopic (exact) mass is 430 g/mol. The SMILES string of the molecule is COCc1nc(NCCNC(=O)c2ccc(C)cc2)c2c(C)nn(-c3ccccc3)c2n1. The molecule has 0 aliphatic rings. The minimum atomic E-state index is -0.104. The van der Waals surface area contributed by atoms with Gasteiger partial charge in [0.05, 0.1) is 16.8 Å². The molecule has 8 heteroatoms. The summed E-state index contributed by atoms with van der Waals surface area (Å²) in [6, 6.07) is 17.4. The number of hydrogen-bond donors (Lipinski definition) is 2. The van der Waals surface area contributed by atoms with Crippen molar-refractivity contribution in [1.82, 2.24) is 25.1 Å². The molecule has 0 saturated carbocycles. The Balaban J connectivity index is 1.54. The number of benzene rings is 2. The molecule has 0 unspecified atom stereocenters. The highest BCUT2D eigenvalue weighted by Gasteiger charge is 2.17. The smallest absolute Gasteiger partial charge is 0.251 e. The number of carbonyl (C=O) groups is 1. The van der Waals surface area contributed by atoms with Crippen molar-refractivity contribution < 1.29 is 9.53 Å². The lowest BCUT2D eigenvalue weighted by Crippen LogP contribution is -2.29. The van der Waals surface area contributed by atoms with Crippen molar-refractivity contribution in [1.29, 1.82) is 0 Å². The van der Waals surface area contributed by atoms with Crippen LogP contribution in [0.3, 0.4) is 0 Å². The summed E-state index contributed by atoms with van der Waals surface area (Å²) in [6.45, 7) is 5.17. The predicted octanol–water partition coefficient (Wildman–Crippen LogP) is 3.42. The number of nitrogens with one attached hydrogen (secondary N) is 2. The molecule has 2 N–H and O–H groups in total. The molecule has 0 fully saturated rings. The largest absolute Gasteiger partial charge is 0.377 e. The van der Waals surface area contributed by atoms with Crippen LogP contribution in [-0.4, -0.2) is 45.9 Å². The molecule has 0 aliphatic heterocycles. The summed E-state index contributed by atoms with van der Waals surface area (Å²) in [6.07, 6.45) is 0. The zero-order valence-electron chi connectivity index (χ0n) is 18.4. The van der Waals surface area contributed by atoms with Gasteiger partial charge in [-0.1, -0.05) is 35.9 Å². The number of ether oxygens (including phenoxy) is 1. The van der Waals surface area contributed by atoms with Crippen molar-refractivity contribution in [3.8, 4) is 5.69 Å². The molecule has 0 saturated heterocycles. The summed E-state index contributed by atoms with van der Waals surface area (Å²) < 4.78 is 7.07. The van der Waals surface area contributed by atoms with Gasteiger partial charge in [0.25, 0.3) is 5.91 Å². The van der Waals surface area contributed by atoms with Crippen LogP contribution in [0.2, 0.25) is 0 Å². The number of aryl methyl sites for hydroxylation is 2. The average Bonchev–Trinajstić information content (AvgIpc) is 3.14. The maximum Gasteiger partial charge on any atom is 0.251 e. The molecule has 2 heterocycles. The van der Waals surface area contributed by atoms with E-state index >= 15 is 0 Å². The Kier molecular flexibility index (Phi) is 6.42. The molecule has 4 rings (SSSR count). The first-order valence-electron chi connectivity index (χ1n) is 10.5. The molecule has 0 atom stereocenters. The van der Waals surface area contributed by atoms with E-state index in [4.69, 9.17) is 4.74 Å². The van der Waals surface area contributed by atoms with Crippen LogP contribution < -0.4 is 10.6 Å². The Morgan fingerprint density at radius 3 is 2.47 bits per heavy atom. The standard InChI is InChI=1S/C24H26N6O2/c1-16-9-11-18(12-10-16)24(31)26-14-13-25-22-21-17(2)29-30(19-7-5-4-6-8-19)23(21)28-20(27-22)15-32-3/h4-12H,13-15H2,1-3H3,(H,26,31)(H,25,27,28). The van der Waals surface area contributed by atoms with Crippen molar-refractivity contribution in [2.24, 2.45) is 0 Å². The van der Waals surface area contributed by atoms with E-state index in [0.717, 1.165) is 22.3 Å². The number of amides is 1. The molecular formula is C24H26N6O2. The summed E-state index contributed by atoms with van der Waals surface area (Å²) in [5, 5.41) is 11.8. The van der Waals surface area contributed by atoms with Crippen LogP contribution in [0.25, 0.3) is 16.7 Å². The maximum absolute atomic E-state index is 12.3. The Hall–Kier alpha value is -3.78. The first-order chi connectivity index (χ1) is 15.6. The van der Waals surface area contributed by atoms with E-state index < -0.39 is 0 Å². The second-order valence-corrected chi connectivity index (χ2v) is 7.50. The number of anilines is 1. The van der Waals surface area contributed by atoms with Crippen LogP contribution >= 0.6 is 0 Å².